The first kappa shape index (κ1) is 12.9. The maximum absolute atomic E-state index is 12.9. The molecule has 1 heterocycles. The van der Waals surface area contributed by atoms with E-state index in [1.165, 1.54) is 18.2 Å². The van der Waals surface area contributed by atoms with Gasteiger partial charge in [-0.3, -0.25) is 0 Å². The van der Waals surface area contributed by atoms with Gasteiger partial charge in [0, 0.05) is 17.5 Å². The molecule has 0 bridgehead atoms. The monoisotopic (exact) mass is 281 g/mol. The Bertz CT molecular complexity index is 611. The lowest BCUT2D eigenvalue weighted by molar-refractivity contribution is -0.206. The van der Waals surface area contributed by atoms with E-state index < -0.39 is 18.4 Å². The van der Waals surface area contributed by atoms with Gasteiger partial charge in [-0.15, -0.1) is 0 Å². The van der Waals surface area contributed by atoms with Gasteiger partial charge in [0.2, 0.25) is 6.10 Å². The summed E-state index contributed by atoms with van der Waals surface area (Å²) in [4.78, 5) is 12.7. The minimum Gasteiger partial charge on any atom is -0.430 e. The van der Waals surface area contributed by atoms with Crippen LogP contribution >= 0.6 is 0 Å². The molecule has 1 fully saturated rings. The van der Waals surface area contributed by atoms with Crippen molar-refractivity contribution < 1.29 is 22.7 Å². The molecule has 1 aliphatic heterocycles. The van der Waals surface area contributed by atoms with Crippen molar-refractivity contribution in [3.8, 4) is 12.0 Å². The Labute approximate surface area is 113 Å². The van der Waals surface area contributed by atoms with Crippen molar-refractivity contribution in [3.05, 3.63) is 29.8 Å². The van der Waals surface area contributed by atoms with Crippen molar-refractivity contribution >= 4 is 11.8 Å². The highest BCUT2D eigenvalue weighted by Crippen LogP contribution is 2.43. The van der Waals surface area contributed by atoms with Crippen LogP contribution in [0.1, 0.15) is 24.5 Å². The van der Waals surface area contributed by atoms with E-state index in [2.05, 4.69) is 16.7 Å². The average molecular weight is 281 g/mol. The molecule has 1 aromatic rings. The van der Waals surface area contributed by atoms with Crippen LogP contribution in [-0.2, 0) is 4.74 Å². The lowest BCUT2D eigenvalue weighted by Crippen LogP contribution is -2.39. The van der Waals surface area contributed by atoms with Crippen molar-refractivity contribution in [2.24, 2.45) is 5.92 Å². The number of para-hydroxylation sites is 1. The van der Waals surface area contributed by atoms with E-state index in [4.69, 9.17) is 0 Å². The fraction of sp³-hybridized carbons (Fsp3) is 0.357. The Balaban J connectivity index is 2.02. The molecule has 0 aromatic heterocycles. The predicted molar refractivity (Wildman–Crippen MR) is 64.7 cm³/mol. The van der Waals surface area contributed by atoms with Gasteiger partial charge in [-0.25, -0.2) is 9.69 Å². The number of anilines is 1. The third-order valence-corrected chi connectivity index (χ3v) is 3.12. The highest BCUT2D eigenvalue weighted by Gasteiger charge is 2.49. The standard InChI is InChI=1S/C14H10F3NO2/c15-14(16,17)12-10-3-1-2-4-11(10)18(13(19)20-12)8-7-9-5-6-9/h1-4,9,12H,5-6H2/t12-/m0/s1. The van der Waals surface area contributed by atoms with E-state index in [0.717, 1.165) is 17.7 Å². The molecule has 3 rings (SSSR count). The average Bonchev–Trinajstić information content (AvgIpc) is 3.20. The number of alkyl halides is 3. The summed E-state index contributed by atoms with van der Waals surface area (Å²) in [6, 6.07) is 8.38. The number of rotatable bonds is 0. The number of hydrogen-bond donors (Lipinski definition) is 0. The number of halogens is 3. The molecule has 0 spiro atoms. The second-order valence-corrected chi connectivity index (χ2v) is 4.73. The third-order valence-electron chi connectivity index (χ3n) is 3.12. The summed E-state index contributed by atoms with van der Waals surface area (Å²) >= 11 is 0. The largest absolute Gasteiger partial charge is 0.430 e. The van der Waals surface area contributed by atoms with Gasteiger partial charge in [0.15, 0.2) is 0 Å². The van der Waals surface area contributed by atoms with Crippen LogP contribution in [0.25, 0.3) is 0 Å². The molecule has 1 aromatic carbocycles. The lowest BCUT2D eigenvalue weighted by atomic mass is 10.0. The van der Waals surface area contributed by atoms with Gasteiger partial charge in [-0.05, 0) is 18.9 Å². The fourth-order valence-electron chi connectivity index (χ4n) is 1.96. The number of fused-ring (bicyclic) bond motifs is 1. The molecule has 1 atom stereocenters. The Hall–Kier alpha value is -2.16. The van der Waals surface area contributed by atoms with Gasteiger partial charge in [0.1, 0.15) is 0 Å². The Morgan fingerprint density at radius 3 is 2.60 bits per heavy atom. The molecule has 3 nitrogen and oxygen atoms in total. The van der Waals surface area contributed by atoms with E-state index in [9.17, 15) is 18.0 Å². The van der Waals surface area contributed by atoms with Crippen molar-refractivity contribution in [2.75, 3.05) is 4.90 Å². The number of ether oxygens (including phenoxy) is 1. The van der Waals surface area contributed by atoms with Crippen LogP contribution in [0, 0.1) is 17.9 Å². The zero-order chi connectivity index (χ0) is 14.3. The summed E-state index contributed by atoms with van der Waals surface area (Å²) in [5.41, 5.74) is 0.0453. The molecule has 1 saturated carbocycles. The topological polar surface area (TPSA) is 29.5 Å². The first-order valence-corrected chi connectivity index (χ1v) is 6.14. The Kier molecular flexibility index (Phi) is 2.85. The maximum atomic E-state index is 12.9. The minimum atomic E-state index is -4.64. The molecule has 2 aliphatic rings. The van der Waals surface area contributed by atoms with Gasteiger partial charge in [0.25, 0.3) is 0 Å². The summed E-state index contributed by atoms with van der Waals surface area (Å²) in [5.74, 6) is 3.08. The van der Waals surface area contributed by atoms with Gasteiger partial charge < -0.3 is 4.74 Å². The zero-order valence-electron chi connectivity index (χ0n) is 10.3. The summed E-state index contributed by atoms with van der Waals surface area (Å²) < 4.78 is 43.2. The van der Waals surface area contributed by atoms with Gasteiger partial charge in [-0.2, -0.15) is 13.2 Å². The highest BCUT2D eigenvalue weighted by molar-refractivity contribution is 5.94. The predicted octanol–water partition coefficient (Wildman–Crippen LogP) is 3.62. The van der Waals surface area contributed by atoms with E-state index in [0.29, 0.717) is 0 Å². The number of amides is 1. The molecule has 1 aliphatic carbocycles. The van der Waals surface area contributed by atoms with E-state index in [-0.39, 0.29) is 17.2 Å². The van der Waals surface area contributed by atoms with Crippen LogP contribution in [0.4, 0.5) is 23.7 Å². The van der Waals surface area contributed by atoms with Crippen LogP contribution in [0.15, 0.2) is 24.3 Å². The molecule has 0 N–H and O–H groups in total. The van der Waals surface area contributed by atoms with E-state index in [1.807, 2.05) is 0 Å². The van der Waals surface area contributed by atoms with Crippen molar-refractivity contribution in [2.45, 2.75) is 25.1 Å². The molecule has 1 amide bonds. The van der Waals surface area contributed by atoms with E-state index in [1.54, 1.807) is 6.07 Å². The second kappa shape index (κ2) is 4.44. The summed E-state index contributed by atoms with van der Waals surface area (Å²) in [6.07, 6.45) is -6.03. The van der Waals surface area contributed by atoms with Crippen molar-refractivity contribution in [3.63, 3.8) is 0 Å². The Morgan fingerprint density at radius 1 is 1.25 bits per heavy atom. The van der Waals surface area contributed by atoms with E-state index >= 15 is 0 Å². The number of hydrogen-bond acceptors (Lipinski definition) is 2. The zero-order valence-corrected chi connectivity index (χ0v) is 10.3. The SMILES string of the molecule is O=C1O[C@H](C(F)(F)F)c2ccccc2N1C#CC1CC1. The fourth-order valence-corrected chi connectivity index (χ4v) is 1.96. The number of nitrogens with zero attached hydrogens (tertiary/aromatic N) is 1. The molecule has 0 saturated heterocycles. The van der Waals surface area contributed by atoms with Gasteiger partial charge >= 0.3 is 12.3 Å². The second-order valence-electron chi connectivity index (χ2n) is 4.73. The van der Waals surface area contributed by atoms with Crippen LogP contribution < -0.4 is 4.90 Å². The molecular weight excluding hydrogens is 271 g/mol. The molecular formula is C14H10F3NO2. The van der Waals surface area contributed by atoms with Crippen molar-refractivity contribution in [1.82, 2.24) is 0 Å². The summed E-state index contributed by atoms with van der Waals surface area (Å²) in [5, 5.41) is 0. The lowest BCUT2D eigenvalue weighted by Gasteiger charge is -2.31. The molecule has 0 unspecified atom stereocenters. The van der Waals surface area contributed by atoms with Crippen LogP contribution in [0.3, 0.4) is 0 Å². The summed E-state index contributed by atoms with van der Waals surface area (Å²) in [6.45, 7) is 0. The van der Waals surface area contributed by atoms with Gasteiger partial charge in [-0.1, -0.05) is 24.1 Å². The molecule has 104 valence electrons. The number of cyclic esters (lactones) is 1. The highest BCUT2D eigenvalue weighted by atomic mass is 19.4. The maximum Gasteiger partial charge on any atom is 0.430 e. The number of benzene rings is 1. The number of carbonyl (C=O) groups excluding carboxylic acids is 1. The number of carbonyl (C=O) groups is 1. The van der Waals surface area contributed by atoms with Gasteiger partial charge in [0.05, 0.1) is 5.69 Å². The quantitative estimate of drug-likeness (QED) is 0.680. The first-order valence-electron chi connectivity index (χ1n) is 6.14. The molecule has 20 heavy (non-hydrogen) atoms. The van der Waals surface area contributed by atoms with Crippen LogP contribution in [-0.4, -0.2) is 12.3 Å². The van der Waals surface area contributed by atoms with Crippen LogP contribution in [0.2, 0.25) is 0 Å². The molecule has 6 heteroatoms. The van der Waals surface area contributed by atoms with Crippen LogP contribution in [0.5, 0.6) is 0 Å². The van der Waals surface area contributed by atoms with Crippen molar-refractivity contribution in [1.29, 1.82) is 0 Å². The summed E-state index contributed by atoms with van der Waals surface area (Å²) in [7, 11) is 0. The first-order chi connectivity index (χ1) is 9.47. The smallest absolute Gasteiger partial charge is 0.430 e. The molecule has 0 radical (unpaired) electrons. The third kappa shape index (κ3) is 2.31. The Morgan fingerprint density at radius 2 is 1.95 bits per heavy atom. The normalized spacial score (nSPS) is 21.6. The minimum absolute atomic E-state index is 0.0929.